The van der Waals surface area contributed by atoms with E-state index in [1.807, 2.05) is 25.1 Å². The molecule has 0 saturated heterocycles. The van der Waals surface area contributed by atoms with Gasteiger partial charge in [0, 0.05) is 17.5 Å². The fraction of sp³-hybridized carbons (Fsp3) is 0.0714. The van der Waals surface area contributed by atoms with E-state index in [9.17, 15) is 4.79 Å². The lowest BCUT2D eigenvalue weighted by atomic mass is 10.2. The molecular formula is C14H10N2O4. The van der Waals surface area contributed by atoms with Gasteiger partial charge in [0.15, 0.2) is 5.76 Å². The molecule has 1 N–H and O–H groups in total. The smallest absolute Gasteiger partial charge is 0.328 e. The summed E-state index contributed by atoms with van der Waals surface area (Å²) in [6.07, 6.45) is 2.16. The number of furan rings is 1. The summed E-state index contributed by atoms with van der Waals surface area (Å²) in [4.78, 5) is 10.4. The molecule has 0 unspecified atom stereocenters. The zero-order chi connectivity index (χ0) is 14.1. The number of rotatable bonds is 3. The number of carboxylic acid groups (broad SMARTS) is 1. The van der Waals surface area contributed by atoms with Gasteiger partial charge in [-0.15, -0.1) is 10.2 Å². The number of nitrogens with zero attached hydrogens (tertiary/aromatic N) is 2. The summed E-state index contributed by atoms with van der Waals surface area (Å²) in [5.41, 5.74) is 1.85. The van der Waals surface area contributed by atoms with Gasteiger partial charge in [-0.05, 0) is 25.1 Å². The van der Waals surface area contributed by atoms with Crippen molar-refractivity contribution in [3.05, 3.63) is 41.8 Å². The summed E-state index contributed by atoms with van der Waals surface area (Å²) < 4.78 is 10.9. The largest absolute Gasteiger partial charge is 0.478 e. The van der Waals surface area contributed by atoms with E-state index >= 15 is 0 Å². The number of carbonyl (C=O) groups is 1. The Morgan fingerprint density at radius 2 is 2.10 bits per heavy atom. The molecule has 0 radical (unpaired) electrons. The quantitative estimate of drug-likeness (QED) is 0.736. The van der Waals surface area contributed by atoms with Crippen LogP contribution in [0.4, 0.5) is 0 Å². The molecule has 1 aromatic carbocycles. The zero-order valence-corrected chi connectivity index (χ0v) is 10.5. The van der Waals surface area contributed by atoms with E-state index in [-0.39, 0.29) is 11.8 Å². The fourth-order valence-electron chi connectivity index (χ4n) is 1.81. The minimum Gasteiger partial charge on any atom is -0.478 e. The summed E-state index contributed by atoms with van der Waals surface area (Å²) in [5, 5.41) is 17.0. The predicted molar refractivity (Wildman–Crippen MR) is 70.9 cm³/mol. The van der Waals surface area contributed by atoms with Crippen molar-refractivity contribution >= 4 is 23.0 Å². The van der Waals surface area contributed by atoms with Crippen molar-refractivity contribution in [1.82, 2.24) is 10.2 Å². The highest BCUT2D eigenvalue weighted by Gasteiger charge is 2.12. The van der Waals surface area contributed by atoms with Crippen LogP contribution in [-0.4, -0.2) is 21.3 Å². The Morgan fingerprint density at radius 1 is 1.25 bits per heavy atom. The minimum atomic E-state index is -1.08. The van der Waals surface area contributed by atoms with Crippen LogP contribution in [-0.2, 0) is 4.79 Å². The van der Waals surface area contributed by atoms with Gasteiger partial charge in [-0.25, -0.2) is 4.79 Å². The van der Waals surface area contributed by atoms with E-state index in [4.69, 9.17) is 13.9 Å². The van der Waals surface area contributed by atoms with Crippen LogP contribution in [0, 0.1) is 6.92 Å². The number of aryl methyl sites for hydroxylation is 1. The second-order valence-corrected chi connectivity index (χ2v) is 4.27. The van der Waals surface area contributed by atoms with Gasteiger partial charge >= 0.3 is 5.97 Å². The maximum atomic E-state index is 10.4. The van der Waals surface area contributed by atoms with Crippen LogP contribution in [0.1, 0.15) is 11.5 Å². The van der Waals surface area contributed by atoms with Crippen molar-refractivity contribution in [3.63, 3.8) is 0 Å². The predicted octanol–water partition coefficient (Wildman–Crippen LogP) is 2.89. The molecule has 20 heavy (non-hydrogen) atoms. The molecule has 0 aliphatic rings. The molecule has 0 spiro atoms. The van der Waals surface area contributed by atoms with Gasteiger partial charge in [0.05, 0.1) is 0 Å². The molecular weight excluding hydrogens is 260 g/mol. The number of carboxylic acids is 1. The van der Waals surface area contributed by atoms with E-state index in [2.05, 4.69) is 10.2 Å². The molecule has 3 aromatic rings. The van der Waals surface area contributed by atoms with Crippen molar-refractivity contribution in [2.24, 2.45) is 0 Å². The van der Waals surface area contributed by atoms with Crippen LogP contribution in [0.3, 0.4) is 0 Å². The molecule has 2 aromatic heterocycles. The number of aromatic nitrogens is 2. The Balaban J connectivity index is 1.96. The van der Waals surface area contributed by atoms with Crippen LogP contribution in [0.5, 0.6) is 0 Å². The van der Waals surface area contributed by atoms with Crippen molar-refractivity contribution < 1.29 is 18.7 Å². The lowest BCUT2D eigenvalue weighted by Gasteiger charge is -1.89. The molecule has 6 heteroatoms. The van der Waals surface area contributed by atoms with Crippen molar-refractivity contribution in [1.29, 1.82) is 0 Å². The second-order valence-electron chi connectivity index (χ2n) is 4.27. The first kappa shape index (κ1) is 12.2. The van der Waals surface area contributed by atoms with Gasteiger partial charge in [0.25, 0.3) is 5.89 Å². The van der Waals surface area contributed by atoms with Gasteiger partial charge in [0.2, 0.25) is 5.89 Å². The first-order valence-corrected chi connectivity index (χ1v) is 5.87. The first-order valence-electron chi connectivity index (χ1n) is 5.87. The molecule has 0 fully saturated rings. The van der Waals surface area contributed by atoms with Gasteiger partial charge < -0.3 is 13.9 Å². The monoisotopic (exact) mass is 270 g/mol. The molecule has 2 heterocycles. The summed E-state index contributed by atoms with van der Waals surface area (Å²) in [6.45, 7) is 1.99. The summed E-state index contributed by atoms with van der Waals surface area (Å²) in [6, 6.07) is 7.62. The molecule has 0 bridgehead atoms. The summed E-state index contributed by atoms with van der Waals surface area (Å²) in [7, 11) is 0. The third-order valence-corrected chi connectivity index (χ3v) is 2.69. The molecule has 0 atom stereocenters. The Labute approximate surface area is 113 Å². The van der Waals surface area contributed by atoms with Gasteiger partial charge in [-0.1, -0.05) is 11.6 Å². The molecule has 0 amide bonds. The van der Waals surface area contributed by atoms with Crippen LogP contribution in [0.15, 0.2) is 39.2 Å². The molecule has 6 nitrogen and oxygen atoms in total. The summed E-state index contributed by atoms with van der Waals surface area (Å²) in [5.74, 6) is -0.306. The van der Waals surface area contributed by atoms with Crippen LogP contribution in [0.25, 0.3) is 28.7 Å². The molecule has 100 valence electrons. The zero-order valence-electron chi connectivity index (χ0n) is 10.5. The van der Waals surface area contributed by atoms with Gasteiger partial charge in [0.1, 0.15) is 5.58 Å². The standard InChI is InChI=1S/C14H10N2O4/c1-8-2-3-10-9(6-8)7-11(19-10)14-16-15-12(20-14)4-5-13(17)18/h2-7H,1H3,(H,17,18)/b5-4+. The lowest BCUT2D eigenvalue weighted by molar-refractivity contribution is -0.131. The molecule has 3 rings (SSSR count). The average molecular weight is 270 g/mol. The number of benzene rings is 1. The maximum absolute atomic E-state index is 10.4. The van der Waals surface area contributed by atoms with Crippen LogP contribution in [0.2, 0.25) is 0 Å². The third kappa shape index (κ3) is 2.31. The van der Waals surface area contributed by atoms with E-state index in [1.165, 1.54) is 6.08 Å². The maximum Gasteiger partial charge on any atom is 0.328 e. The Bertz CT molecular complexity index is 814. The van der Waals surface area contributed by atoms with E-state index < -0.39 is 5.97 Å². The van der Waals surface area contributed by atoms with E-state index in [0.29, 0.717) is 5.76 Å². The minimum absolute atomic E-state index is 0.110. The van der Waals surface area contributed by atoms with Crippen molar-refractivity contribution in [2.75, 3.05) is 0 Å². The highest BCUT2D eigenvalue weighted by molar-refractivity contribution is 5.84. The number of aliphatic carboxylic acids is 1. The summed E-state index contributed by atoms with van der Waals surface area (Å²) >= 11 is 0. The fourth-order valence-corrected chi connectivity index (χ4v) is 1.81. The first-order chi connectivity index (χ1) is 9.61. The Kier molecular flexibility index (Phi) is 2.83. The molecule has 0 saturated carbocycles. The van der Waals surface area contributed by atoms with Crippen molar-refractivity contribution in [2.45, 2.75) is 6.92 Å². The lowest BCUT2D eigenvalue weighted by Crippen LogP contribution is -1.85. The number of hydrogen-bond acceptors (Lipinski definition) is 5. The highest BCUT2D eigenvalue weighted by atomic mass is 16.4. The molecule has 0 aliphatic heterocycles. The van der Waals surface area contributed by atoms with Crippen LogP contribution < -0.4 is 0 Å². The topological polar surface area (TPSA) is 89.4 Å². The number of hydrogen-bond donors (Lipinski definition) is 1. The number of fused-ring (bicyclic) bond motifs is 1. The SMILES string of the molecule is Cc1ccc2oc(-c3nnc(/C=C/C(=O)O)o3)cc2c1. The van der Waals surface area contributed by atoms with E-state index in [0.717, 1.165) is 22.6 Å². The Morgan fingerprint density at radius 3 is 2.90 bits per heavy atom. The van der Waals surface area contributed by atoms with Gasteiger partial charge in [-0.2, -0.15) is 0 Å². The van der Waals surface area contributed by atoms with Crippen LogP contribution >= 0.6 is 0 Å². The second kappa shape index (κ2) is 4.65. The molecule has 0 aliphatic carbocycles. The average Bonchev–Trinajstić information content (AvgIpc) is 3.01. The highest BCUT2D eigenvalue weighted by Crippen LogP contribution is 2.27. The van der Waals surface area contributed by atoms with Crippen molar-refractivity contribution in [3.8, 4) is 11.7 Å². The Hall–Kier alpha value is -2.89. The normalized spacial score (nSPS) is 11.4. The third-order valence-electron chi connectivity index (χ3n) is 2.69. The van der Waals surface area contributed by atoms with Gasteiger partial charge in [-0.3, -0.25) is 0 Å². The van der Waals surface area contributed by atoms with E-state index in [1.54, 1.807) is 6.07 Å².